The number of halogens is 1. The number of nitrogens with one attached hydrogen (secondary N) is 2. The van der Waals surface area contributed by atoms with Crippen molar-refractivity contribution >= 4 is 46.6 Å². The van der Waals surface area contributed by atoms with Crippen LogP contribution in [0.25, 0.3) is 0 Å². The Labute approximate surface area is 226 Å². The van der Waals surface area contributed by atoms with E-state index in [0.717, 1.165) is 54.7 Å². The SMILES string of the molecule is CC(=O)N1CCN(c2ccc(NC(=O)n3nccc3NC(=O)C3(c4ccc(Cl)cc4)CCCC3)cc2)CC1. The Morgan fingerprint density at radius 2 is 1.53 bits per heavy atom. The van der Waals surface area contributed by atoms with E-state index in [-0.39, 0.29) is 11.8 Å². The summed E-state index contributed by atoms with van der Waals surface area (Å²) in [5, 5.41) is 10.6. The molecule has 0 bridgehead atoms. The number of aromatic nitrogens is 2. The second kappa shape index (κ2) is 10.9. The fraction of sp³-hybridized carbons (Fsp3) is 0.357. The first-order valence-corrected chi connectivity index (χ1v) is 13.3. The zero-order valence-corrected chi connectivity index (χ0v) is 22.1. The highest BCUT2D eigenvalue weighted by Gasteiger charge is 2.43. The minimum Gasteiger partial charge on any atom is -0.368 e. The van der Waals surface area contributed by atoms with Crippen molar-refractivity contribution in [2.75, 3.05) is 41.7 Å². The van der Waals surface area contributed by atoms with Crippen LogP contribution in [-0.2, 0) is 15.0 Å². The molecule has 1 aliphatic heterocycles. The van der Waals surface area contributed by atoms with Gasteiger partial charge in [0.1, 0.15) is 5.82 Å². The smallest absolute Gasteiger partial charge is 0.348 e. The first kappa shape index (κ1) is 25.8. The summed E-state index contributed by atoms with van der Waals surface area (Å²) in [7, 11) is 0. The topological polar surface area (TPSA) is 99.6 Å². The molecule has 2 fully saturated rings. The number of hydrogen-bond donors (Lipinski definition) is 2. The molecule has 2 N–H and O–H groups in total. The maximum Gasteiger partial charge on any atom is 0.348 e. The van der Waals surface area contributed by atoms with Gasteiger partial charge in [-0.25, -0.2) is 4.79 Å². The Bertz CT molecular complexity index is 1310. The second-order valence-electron chi connectivity index (χ2n) is 9.85. The molecule has 10 heteroatoms. The lowest BCUT2D eigenvalue weighted by Crippen LogP contribution is -2.48. The fourth-order valence-electron chi connectivity index (χ4n) is 5.40. The summed E-state index contributed by atoms with van der Waals surface area (Å²) in [6.07, 6.45) is 4.87. The van der Waals surface area contributed by atoms with Gasteiger partial charge in [0.2, 0.25) is 11.8 Å². The number of rotatable bonds is 5. The molecular formula is C28H31ClN6O3. The molecule has 2 heterocycles. The number of carbonyl (C=O) groups excluding carboxylic acids is 3. The van der Waals surface area contributed by atoms with E-state index in [1.54, 1.807) is 25.1 Å². The van der Waals surface area contributed by atoms with Crippen LogP contribution in [-0.4, -0.2) is 58.7 Å². The molecule has 198 valence electrons. The monoisotopic (exact) mass is 534 g/mol. The van der Waals surface area contributed by atoms with Crippen molar-refractivity contribution in [1.82, 2.24) is 14.7 Å². The third kappa shape index (κ3) is 5.24. The average Bonchev–Trinajstić information content (AvgIpc) is 3.60. The highest BCUT2D eigenvalue weighted by atomic mass is 35.5. The molecule has 1 saturated carbocycles. The summed E-state index contributed by atoms with van der Waals surface area (Å²) in [6, 6.07) is 16.1. The first-order chi connectivity index (χ1) is 18.4. The van der Waals surface area contributed by atoms with E-state index in [2.05, 4.69) is 20.6 Å². The summed E-state index contributed by atoms with van der Waals surface area (Å²) >= 11 is 6.07. The molecular weight excluding hydrogens is 504 g/mol. The molecule has 9 nitrogen and oxygen atoms in total. The Morgan fingerprint density at radius 1 is 0.868 bits per heavy atom. The van der Waals surface area contributed by atoms with Gasteiger partial charge in [0.05, 0.1) is 11.6 Å². The van der Waals surface area contributed by atoms with Gasteiger partial charge in [0.15, 0.2) is 0 Å². The third-order valence-electron chi connectivity index (χ3n) is 7.57. The number of nitrogens with zero attached hydrogens (tertiary/aromatic N) is 4. The minimum atomic E-state index is -0.665. The van der Waals surface area contributed by atoms with E-state index < -0.39 is 11.4 Å². The van der Waals surface area contributed by atoms with Crippen LogP contribution in [0.1, 0.15) is 38.2 Å². The first-order valence-electron chi connectivity index (χ1n) is 12.9. The van der Waals surface area contributed by atoms with Crippen molar-refractivity contribution in [2.45, 2.75) is 38.0 Å². The van der Waals surface area contributed by atoms with Crippen LogP contribution in [0, 0.1) is 0 Å². The maximum absolute atomic E-state index is 13.6. The summed E-state index contributed by atoms with van der Waals surface area (Å²) in [4.78, 5) is 42.2. The van der Waals surface area contributed by atoms with E-state index in [0.29, 0.717) is 29.6 Å². The highest BCUT2D eigenvalue weighted by molar-refractivity contribution is 6.30. The molecule has 3 amide bonds. The van der Waals surface area contributed by atoms with Gasteiger partial charge in [-0.15, -0.1) is 0 Å². The largest absolute Gasteiger partial charge is 0.368 e. The maximum atomic E-state index is 13.6. The van der Waals surface area contributed by atoms with Gasteiger partial charge in [-0.1, -0.05) is 36.6 Å². The minimum absolute atomic E-state index is 0.0975. The zero-order chi connectivity index (χ0) is 26.7. The van der Waals surface area contributed by atoms with E-state index >= 15 is 0 Å². The summed E-state index contributed by atoms with van der Waals surface area (Å²) in [6.45, 7) is 4.51. The Morgan fingerprint density at radius 3 is 2.16 bits per heavy atom. The molecule has 38 heavy (non-hydrogen) atoms. The van der Waals surface area contributed by atoms with E-state index in [9.17, 15) is 14.4 Å². The van der Waals surface area contributed by atoms with Crippen molar-refractivity contribution in [3.05, 3.63) is 71.4 Å². The highest BCUT2D eigenvalue weighted by Crippen LogP contribution is 2.42. The Hall–Kier alpha value is -3.85. The standard InChI is InChI=1S/C28H31ClN6O3/c1-20(36)33-16-18-34(19-17-33)24-10-8-23(9-11-24)31-27(38)35-25(12-15-30-35)32-26(37)28(13-2-3-14-28)21-4-6-22(29)7-5-21/h4-12,15H,2-3,13-14,16-19H2,1H3,(H,31,38)(H,32,37). The molecule has 3 aromatic rings. The molecule has 0 atom stereocenters. The van der Waals surface area contributed by atoms with Crippen LogP contribution >= 0.6 is 11.6 Å². The molecule has 2 aliphatic rings. The molecule has 2 aromatic carbocycles. The lowest BCUT2D eigenvalue weighted by molar-refractivity contribution is -0.129. The van der Waals surface area contributed by atoms with Gasteiger partial charge in [-0.2, -0.15) is 9.78 Å². The lowest BCUT2D eigenvalue weighted by Gasteiger charge is -2.35. The van der Waals surface area contributed by atoms with Crippen molar-refractivity contribution in [1.29, 1.82) is 0 Å². The van der Waals surface area contributed by atoms with Crippen LogP contribution in [0.5, 0.6) is 0 Å². The van der Waals surface area contributed by atoms with Crippen LogP contribution in [0.4, 0.5) is 22.0 Å². The molecule has 0 unspecified atom stereocenters. The summed E-state index contributed by atoms with van der Waals surface area (Å²) in [5.41, 5.74) is 1.90. The fourth-order valence-corrected chi connectivity index (χ4v) is 5.53. The van der Waals surface area contributed by atoms with Gasteiger partial charge in [0, 0.05) is 55.6 Å². The molecule has 1 aromatic heterocycles. The van der Waals surface area contributed by atoms with Crippen LogP contribution in [0.15, 0.2) is 60.8 Å². The predicted molar refractivity (Wildman–Crippen MR) is 148 cm³/mol. The number of hydrogen-bond acceptors (Lipinski definition) is 5. The lowest BCUT2D eigenvalue weighted by atomic mass is 9.78. The van der Waals surface area contributed by atoms with Crippen molar-refractivity contribution in [3.63, 3.8) is 0 Å². The number of benzene rings is 2. The quantitative estimate of drug-likeness (QED) is 0.493. The second-order valence-corrected chi connectivity index (χ2v) is 10.3. The van der Waals surface area contributed by atoms with Gasteiger partial charge >= 0.3 is 6.03 Å². The summed E-state index contributed by atoms with van der Waals surface area (Å²) in [5.74, 6) is 0.258. The Balaban J connectivity index is 1.24. The number of anilines is 3. The number of piperazine rings is 1. The molecule has 1 aliphatic carbocycles. The van der Waals surface area contributed by atoms with Crippen LogP contribution in [0.3, 0.4) is 0 Å². The third-order valence-corrected chi connectivity index (χ3v) is 7.83. The average molecular weight is 535 g/mol. The van der Waals surface area contributed by atoms with Gasteiger partial charge in [-0.3, -0.25) is 9.59 Å². The Kier molecular flexibility index (Phi) is 7.37. The van der Waals surface area contributed by atoms with Gasteiger partial charge < -0.3 is 20.4 Å². The van der Waals surface area contributed by atoms with Crippen LogP contribution in [0.2, 0.25) is 5.02 Å². The van der Waals surface area contributed by atoms with Gasteiger partial charge in [-0.05, 0) is 54.8 Å². The molecule has 1 saturated heterocycles. The molecule has 0 spiro atoms. The predicted octanol–water partition coefficient (Wildman–Crippen LogP) is 4.74. The van der Waals surface area contributed by atoms with Crippen molar-refractivity contribution in [2.24, 2.45) is 0 Å². The zero-order valence-electron chi connectivity index (χ0n) is 21.3. The normalized spacial score (nSPS) is 16.8. The van der Waals surface area contributed by atoms with Crippen LogP contribution < -0.4 is 15.5 Å². The molecule has 5 rings (SSSR count). The van der Waals surface area contributed by atoms with Crippen molar-refractivity contribution < 1.29 is 14.4 Å². The summed E-state index contributed by atoms with van der Waals surface area (Å²) < 4.78 is 1.16. The number of amides is 3. The van der Waals surface area contributed by atoms with Crippen molar-refractivity contribution in [3.8, 4) is 0 Å². The number of carbonyl (C=O) groups is 3. The van der Waals surface area contributed by atoms with E-state index in [1.165, 1.54) is 6.20 Å². The molecule has 0 radical (unpaired) electrons. The van der Waals surface area contributed by atoms with E-state index in [4.69, 9.17) is 11.6 Å². The van der Waals surface area contributed by atoms with Gasteiger partial charge in [0.25, 0.3) is 0 Å². The van der Waals surface area contributed by atoms with E-state index in [1.807, 2.05) is 41.3 Å².